The van der Waals surface area contributed by atoms with Gasteiger partial charge in [-0.2, -0.15) is 0 Å². The van der Waals surface area contributed by atoms with Crippen molar-refractivity contribution in [3.63, 3.8) is 0 Å². The van der Waals surface area contributed by atoms with Gasteiger partial charge in [-0.3, -0.25) is 14.5 Å². The Bertz CT molecular complexity index is 898. The average molecular weight is 379 g/mol. The van der Waals surface area contributed by atoms with Crippen LogP contribution in [0.4, 0.5) is 5.69 Å². The lowest BCUT2D eigenvalue weighted by Gasteiger charge is -2.23. The highest BCUT2D eigenvalue weighted by Crippen LogP contribution is 2.33. The number of carbonyl (C=O) groups excluding carboxylic acids is 2. The molecule has 1 saturated heterocycles. The number of aliphatic hydroxyl groups is 1. The molecule has 0 spiro atoms. The van der Waals surface area contributed by atoms with Crippen molar-refractivity contribution in [3.05, 3.63) is 60.2 Å². The van der Waals surface area contributed by atoms with Gasteiger partial charge < -0.3 is 14.6 Å². The summed E-state index contributed by atoms with van der Waals surface area (Å²) in [6.45, 7) is 1.82. The maximum atomic E-state index is 12.8. The van der Waals surface area contributed by atoms with E-state index in [1.54, 1.807) is 38.3 Å². The van der Waals surface area contributed by atoms with Gasteiger partial charge in [-0.25, -0.2) is 0 Å². The number of rotatable bonds is 4. The van der Waals surface area contributed by atoms with Crippen LogP contribution in [0.2, 0.25) is 0 Å². The molecule has 1 fully saturated rings. The number of benzene rings is 2. The van der Waals surface area contributed by atoms with Gasteiger partial charge in [0.15, 0.2) is 0 Å². The van der Waals surface area contributed by atoms with Crippen LogP contribution in [0.3, 0.4) is 0 Å². The molecule has 2 aromatic carbocycles. The first-order valence-electron chi connectivity index (χ1n) is 8.95. The first-order valence-corrected chi connectivity index (χ1v) is 8.95. The predicted octanol–water partition coefficient (Wildman–Crippen LogP) is 2.00. The molecule has 1 aliphatic heterocycles. The summed E-state index contributed by atoms with van der Waals surface area (Å²) in [5.74, 6) is 4.28. The van der Waals surface area contributed by atoms with Crippen LogP contribution in [0.15, 0.2) is 54.6 Å². The van der Waals surface area contributed by atoms with Crippen LogP contribution in [0.5, 0.6) is 5.75 Å². The molecule has 1 N–H and O–H groups in total. The third-order valence-electron chi connectivity index (χ3n) is 4.50. The molecule has 28 heavy (non-hydrogen) atoms. The summed E-state index contributed by atoms with van der Waals surface area (Å²) in [6.07, 6.45) is -1.52. The number of hydrogen-bond donors (Lipinski definition) is 1. The quantitative estimate of drug-likeness (QED) is 0.650. The van der Waals surface area contributed by atoms with Crippen molar-refractivity contribution in [2.24, 2.45) is 5.92 Å². The molecule has 0 aliphatic carbocycles. The van der Waals surface area contributed by atoms with Crippen molar-refractivity contribution in [1.29, 1.82) is 0 Å². The van der Waals surface area contributed by atoms with Gasteiger partial charge in [0.2, 0.25) is 0 Å². The minimum Gasteiger partial charge on any atom is -0.497 e. The van der Waals surface area contributed by atoms with Crippen molar-refractivity contribution >= 4 is 17.6 Å². The third kappa shape index (κ3) is 3.85. The second-order valence-electron chi connectivity index (χ2n) is 6.21. The topological polar surface area (TPSA) is 76.1 Å². The van der Waals surface area contributed by atoms with Gasteiger partial charge in [0.1, 0.15) is 23.8 Å². The number of anilines is 1. The van der Waals surface area contributed by atoms with E-state index in [1.165, 1.54) is 4.90 Å². The molecule has 0 bridgehead atoms. The standard InChI is InChI=1S/C22H21NO5/c1-3-28-22(26)19-18(14-9-15-7-5-4-6-8-15)23(21(25)20(19)24)16-10-12-17(27-2)13-11-16/h4-8,10-13,18-20,24H,3H2,1-2H3/t18-,19+,20-/m0/s1. The molecule has 6 nitrogen and oxygen atoms in total. The largest absolute Gasteiger partial charge is 0.497 e. The molecule has 0 radical (unpaired) electrons. The maximum absolute atomic E-state index is 12.8. The Hall–Kier alpha value is -3.30. The van der Waals surface area contributed by atoms with Crippen LogP contribution in [-0.2, 0) is 14.3 Å². The number of amides is 1. The van der Waals surface area contributed by atoms with E-state index in [1.807, 2.05) is 30.3 Å². The van der Waals surface area contributed by atoms with Crippen molar-refractivity contribution in [1.82, 2.24) is 0 Å². The zero-order valence-electron chi connectivity index (χ0n) is 15.7. The monoisotopic (exact) mass is 379 g/mol. The number of esters is 1. The Labute approximate surface area is 163 Å². The average Bonchev–Trinajstić information content (AvgIpc) is 2.97. The lowest BCUT2D eigenvalue weighted by Crippen LogP contribution is -2.37. The van der Waals surface area contributed by atoms with Crippen molar-refractivity contribution in [2.45, 2.75) is 19.1 Å². The zero-order valence-corrected chi connectivity index (χ0v) is 15.7. The summed E-state index contributed by atoms with van der Waals surface area (Å²) in [6, 6.07) is 15.2. The Balaban J connectivity index is 2.03. The van der Waals surface area contributed by atoms with Crippen molar-refractivity contribution in [2.75, 3.05) is 18.6 Å². The lowest BCUT2D eigenvalue weighted by molar-refractivity contribution is -0.152. The van der Waals surface area contributed by atoms with Gasteiger partial charge in [-0.05, 0) is 43.3 Å². The Morgan fingerprint density at radius 3 is 2.43 bits per heavy atom. The maximum Gasteiger partial charge on any atom is 0.315 e. The molecule has 0 aromatic heterocycles. The van der Waals surface area contributed by atoms with Crippen LogP contribution in [0.25, 0.3) is 0 Å². The third-order valence-corrected chi connectivity index (χ3v) is 4.50. The summed E-state index contributed by atoms with van der Waals surface area (Å²) in [5, 5.41) is 10.5. The molecule has 2 aromatic rings. The highest BCUT2D eigenvalue weighted by atomic mass is 16.5. The van der Waals surface area contributed by atoms with E-state index in [0.717, 1.165) is 5.56 Å². The second kappa shape index (κ2) is 8.59. The normalized spacial score (nSPS) is 21.0. The number of hydrogen-bond acceptors (Lipinski definition) is 5. The van der Waals surface area contributed by atoms with Gasteiger partial charge in [0.25, 0.3) is 5.91 Å². The summed E-state index contributed by atoms with van der Waals surface area (Å²) in [5.41, 5.74) is 1.26. The molecule has 0 unspecified atom stereocenters. The van der Waals surface area contributed by atoms with Gasteiger partial charge in [0.05, 0.1) is 13.7 Å². The summed E-state index contributed by atoms with van der Waals surface area (Å²) in [7, 11) is 1.55. The van der Waals surface area contributed by atoms with Gasteiger partial charge >= 0.3 is 5.97 Å². The minimum absolute atomic E-state index is 0.150. The summed E-state index contributed by atoms with van der Waals surface area (Å²) >= 11 is 0. The van der Waals surface area contributed by atoms with E-state index in [-0.39, 0.29) is 6.61 Å². The van der Waals surface area contributed by atoms with E-state index < -0.39 is 29.9 Å². The van der Waals surface area contributed by atoms with E-state index >= 15 is 0 Å². The molecule has 6 heteroatoms. The molecule has 1 amide bonds. The van der Waals surface area contributed by atoms with E-state index in [2.05, 4.69) is 11.8 Å². The number of aliphatic hydroxyl groups excluding tert-OH is 1. The molecular weight excluding hydrogens is 358 g/mol. The summed E-state index contributed by atoms with van der Waals surface area (Å²) in [4.78, 5) is 26.6. The van der Waals surface area contributed by atoms with E-state index in [9.17, 15) is 14.7 Å². The highest BCUT2D eigenvalue weighted by Gasteiger charge is 2.52. The summed E-state index contributed by atoms with van der Waals surface area (Å²) < 4.78 is 10.2. The van der Waals surface area contributed by atoms with E-state index in [0.29, 0.717) is 11.4 Å². The number of carbonyl (C=O) groups is 2. The predicted molar refractivity (Wildman–Crippen MR) is 104 cm³/mol. The lowest BCUT2D eigenvalue weighted by atomic mass is 9.98. The highest BCUT2D eigenvalue weighted by molar-refractivity contribution is 6.04. The van der Waals surface area contributed by atoms with Crippen molar-refractivity contribution < 1.29 is 24.2 Å². The van der Waals surface area contributed by atoms with Crippen LogP contribution in [0, 0.1) is 17.8 Å². The number of ether oxygens (including phenoxy) is 2. The zero-order chi connectivity index (χ0) is 20.1. The van der Waals surface area contributed by atoms with Gasteiger partial charge in [-0.1, -0.05) is 30.0 Å². The van der Waals surface area contributed by atoms with E-state index in [4.69, 9.17) is 9.47 Å². The van der Waals surface area contributed by atoms with Gasteiger partial charge in [-0.15, -0.1) is 0 Å². The van der Waals surface area contributed by atoms with Gasteiger partial charge in [0, 0.05) is 11.3 Å². The van der Waals surface area contributed by atoms with Crippen LogP contribution < -0.4 is 9.64 Å². The molecule has 1 aliphatic rings. The smallest absolute Gasteiger partial charge is 0.315 e. The van der Waals surface area contributed by atoms with Crippen LogP contribution in [-0.4, -0.2) is 42.8 Å². The number of nitrogens with zero attached hydrogens (tertiary/aromatic N) is 1. The molecule has 3 atom stereocenters. The molecular formula is C22H21NO5. The molecule has 1 heterocycles. The second-order valence-corrected chi connectivity index (χ2v) is 6.21. The Kier molecular flexibility index (Phi) is 5.97. The van der Waals surface area contributed by atoms with Crippen LogP contribution in [0.1, 0.15) is 12.5 Å². The molecule has 144 valence electrons. The fourth-order valence-corrected chi connectivity index (χ4v) is 3.13. The SMILES string of the molecule is CCOC(=O)[C@H]1[C@H](O)C(=O)N(c2ccc(OC)cc2)[C@H]1C#Cc1ccccc1. The fourth-order valence-electron chi connectivity index (χ4n) is 3.13. The molecule has 0 saturated carbocycles. The molecule has 3 rings (SSSR count). The first-order chi connectivity index (χ1) is 13.6. The first kappa shape index (κ1) is 19.5. The number of methoxy groups -OCH3 is 1. The minimum atomic E-state index is -1.52. The Morgan fingerprint density at radius 2 is 1.82 bits per heavy atom. The fraction of sp³-hybridized carbons (Fsp3) is 0.273. The van der Waals surface area contributed by atoms with Crippen molar-refractivity contribution in [3.8, 4) is 17.6 Å². The van der Waals surface area contributed by atoms with Crippen LogP contribution >= 0.6 is 0 Å². The Morgan fingerprint density at radius 1 is 1.14 bits per heavy atom.